The standard InChI is InChI=1S/C31H44F2O7/c1-5-7-8-10-26(37)38-25-16-29(4)19(15-24-31(29,23(36)17-34)40-27(39-24)9-6-2)20-14-22(32)21-13-18(35)11-12-28(21,3)30(20,25)33/h13,19-20,22,24-25,27,34H,5-12,14-17H2,1-4H3/t19-,20-,22-,24+,25-,27+,28-,29-,30-,31+/m0/s1. The molecule has 1 aliphatic heterocycles. The van der Waals surface area contributed by atoms with Crippen molar-refractivity contribution in [1.82, 2.24) is 0 Å². The largest absolute Gasteiger partial charge is 0.459 e. The first-order chi connectivity index (χ1) is 18.9. The quantitative estimate of drug-likeness (QED) is 0.306. The van der Waals surface area contributed by atoms with Crippen molar-refractivity contribution in [3.63, 3.8) is 0 Å². The predicted octanol–water partition coefficient (Wildman–Crippen LogP) is 5.11. The number of aliphatic hydroxyl groups excluding tert-OH is 1. The van der Waals surface area contributed by atoms with Gasteiger partial charge in [0.2, 0.25) is 0 Å². The van der Waals surface area contributed by atoms with Crippen LogP contribution in [0.2, 0.25) is 0 Å². The zero-order chi connectivity index (χ0) is 29.1. The summed E-state index contributed by atoms with van der Waals surface area (Å²) < 4.78 is 52.9. The summed E-state index contributed by atoms with van der Waals surface area (Å²) in [6.07, 6.45) is 1.14. The molecule has 0 aromatic rings. The van der Waals surface area contributed by atoms with Crippen molar-refractivity contribution in [3.8, 4) is 0 Å². The van der Waals surface area contributed by atoms with Crippen LogP contribution < -0.4 is 0 Å². The van der Waals surface area contributed by atoms with Crippen LogP contribution in [0.15, 0.2) is 11.6 Å². The zero-order valence-corrected chi connectivity index (χ0v) is 24.2. The Bertz CT molecular complexity index is 1080. The first kappa shape index (κ1) is 29.8. The van der Waals surface area contributed by atoms with Gasteiger partial charge in [0.25, 0.3) is 0 Å². The molecule has 5 aliphatic rings. The lowest BCUT2D eigenvalue weighted by molar-refractivity contribution is -0.249. The summed E-state index contributed by atoms with van der Waals surface area (Å²) >= 11 is 0. The molecule has 4 aliphatic carbocycles. The van der Waals surface area contributed by atoms with Gasteiger partial charge < -0.3 is 19.3 Å². The van der Waals surface area contributed by atoms with Crippen LogP contribution in [0.3, 0.4) is 0 Å². The van der Waals surface area contributed by atoms with E-state index in [1.807, 2.05) is 20.8 Å². The van der Waals surface area contributed by atoms with Gasteiger partial charge in [-0.05, 0) is 56.1 Å². The molecule has 0 aromatic carbocycles. The molecule has 0 spiro atoms. The van der Waals surface area contributed by atoms with E-state index in [0.29, 0.717) is 12.8 Å². The molecule has 0 unspecified atom stereocenters. The number of rotatable bonds is 9. The highest BCUT2D eigenvalue weighted by atomic mass is 19.1. The fourth-order valence-electron chi connectivity index (χ4n) is 9.19. The third-order valence-electron chi connectivity index (χ3n) is 11.1. The van der Waals surface area contributed by atoms with Crippen LogP contribution in [0.1, 0.15) is 98.3 Å². The molecule has 0 aromatic heterocycles. The van der Waals surface area contributed by atoms with E-state index in [1.165, 1.54) is 6.08 Å². The van der Waals surface area contributed by atoms with E-state index in [2.05, 4.69) is 0 Å². The van der Waals surface area contributed by atoms with E-state index >= 15 is 8.78 Å². The van der Waals surface area contributed by atoms with E-state index in [-0.39, 0.29) is 49.9 Å². The Morgan fingerprint density at radius 1 is 1.15 bits per heavy atom. The van der Waals surface area contributed by atoms with Crippen molar-refractivity contribution in [1.29, 1.82) is 0 Å². The molecule has 40 heavy (non-hydrogen) atoms. The van der Waals surface area contributed by atoms with Crippen molar-refractivity contribution in [3.05, 3.63) is 11.6 Å². The van der Waals surface area contributed by atoms with Crippen LogP contribution in [-0.2, 0) is 28.6 Å². The molecule has 0 radical (unpaired) electrons. The molecule has 0 amide bonds. The number of hydrogen-bond acceptors (Lipinski definition) is 7. The number of unbranched alkanes of at least 4 members (excludes halogenated alkanes) is 2. The number of carbonyl (C=O) groups is 3. The van der Waals surface area contributed by atoms with Gasteiger partial charge in [-0.1, -0.05) is 47.0 Å². The Morgan fingerprint density at radius 3 is 2.58 bits per heavy atom. The number of fused-ring (bicyclic) bond motifs is 7. The number of allylic oxidation sites excluding steroid dienone is 1. The normalized spacial score (nSPS) is 45.7. The second kappa shape index (κ2) is 10.5. The van der Waals surface area contributed by atoms with Crippen LogP contribution in [0, 0.1) is 22.7 Å². The minimum atomic E-state index is -2.16. The molecule has 4 fully saturated rings. The maximum absolute atomic E-state index is 18.2. The lowest BCUT2D eigenvalue weighted by Crippen LogP contribution is -2.72. The molecule has 224 valence electrons. The van der Waals surface area contributed by atoms with Crippen molar-refractivity contribution in [2.45, 2.75) is 134 Å². The number of halogens is 2. The number of ketones is 2. The highest BCUT2D eigenvalue weighted by Crippen LogP contribution is 2.73. The highest BCUT2D eigenvalue weighted by Gasteiger charge is 2.80. The summed E-state index contributed by atoms with van der Waals surface area (Å²) in [7, 11) is 0. The fraction of sp³-hybridized carbons (Fsp3) is 0.839. The zero-order valence-electron chi connectivity index (χ0n) is 24.2. The topological polar surface area (TPSA) is 99.1 Å². The molecule has 7 nitrogen and oxygen atoms in total. The molecule has 5 rings (SSSR count). The van der Waals surface area contributed by atoms with E-state index in [9.17, 15) is 19.5 Å². The second-order valence-electron chi connectivity index (χ2n) is 13.2. The van der Waals surface area contributed by atoms with Gasteiger partial charge >= 0.3 is 5.97 Å². The Balaban J connectivity index is 1.62. The summed E-state index contributed by atoms with van der Waals surface area (Å²) in [6.45, 7) is 6.73. The number of ether oxygens (including phenoxy) is 3. The van der Waals surface area contributed by atoms with E-state index in [1.54, 1.807) is 6.92 Å². The SMILES string of the molecule is CCCCCC(=O)O[C@H]1C[C@@]2(C)[C@@H](C[C@H]3O[C@@H](CCC)O[C@]32C(=O)CO)[C@@H]2C[C@H](F)C3=CC(=O)CC[C@]3(C)[C@@]12F. The Morgan fingerprint density at radius 2 is 1.90 bits per heavy atom. The number of alkyl halides is 2. The predicted molar refractivity (Wildman–Crippen MR) is 142 cm³/mol. The van der Waals surface area contributed by atoms with Gasteiger partial charge in [-0.25, -0.2) is 8.78 Å². The van der Waals surface area contributed by atoms with E-state index in [4.69, 9.17) is 14.2 Å². The Labute approximate surface area is 235 Å². The lowest BCUT2D eigenvalue weighted by Gasteiger charge is -2.64. The smallest absolute Gasteiger partial charge is 0.306 e. The molecule has 0 bridgehead atoms. The second-order valence-corrected chi connectivity index (χ2v) is 13.2. The minimum absolute atomic E-state index is 0.0254. The molecule has 9 heteroatoms. The van der Waals surface area contributed by atoms with Gasteiger partial charge in [-0.2, -0.15) is 0 Å². The summed E-state index contributed by atoms with van der Waals surface area (Å²) in [6, 6.07) is 0. The summed E-state index contributed by atoms with van der Waals surface area (Å²) in [5.74, 6) is -2.72. The van der Waals surface area contributed by atoms with Gasteiger partial charge in [0.1, 0.15) is 18.9 Å². The van der Waals surface area contributed by atoms with Crippen LogP contribution in [0.4, 0.5) is 8.78 Å². The average Bonchev–Trinajstić information content (AvgIpc) is 3.39. The number of Topliss-reactive ketones (excluding diaryl/α,β-unsaturated/α-hetero) is 1. The molecule has 3 saturated carbocycles. The maximum Gasteiger partial charge on any atom is 0.306 e. The van der Waals surface area contributed by atoms with Crippen LogP contribution in [0.25, 0.3) is 0 Å². The summed E-state index contributed by atoms with van der Waals surface area (Å²) in [5.41, 5.74) is -5.98. The monoisotopic (exact) mass is 566 g/mol. The molecular formula is C31H44F2O7. The molecular weight excluding hydrogens is 522 g/mol. The van der Waals surface area contributed by atoms with Crippen molar-refractivity contribution in [2.75, 3.05) is 6.61 Å². The van der Waals surface area contributed by atoms with Gasteiger partial charge in [0.15, 0.2) is 29.1 Å². The molecule has 1 saturated heterocycles. The van der Waals surface area contributed by atoms with Crippen molar-refractivity contribution >= 4 is 17.5 Å². The number of carbonyl (C=O) groups excluding carboxylic acids is 3. The Kier molecular flexibility index (Phi) is 7.84. The van der Waals surface area contributed by atoms with Crippen LogP contribution in [0.5, 0.6) is 0 Å². The van der Waals surface area contributed by atoms with Crippen molar-refractivity contribution < 1.29 is 42.5 Å². The van der Waals surface area contributed by atoms with Crippen molar-refractivity contribution in [2.24, 2.45) is 22.7 Å². The number of esters is 1. The first-order valence-corrected chi connectivity index (χ1v) is 15.2. The average molecular weight is 567 g/mol. The summed E-state index contributed by atoms with van der Waals surface area (Å²) in [4.78, 5) is 39.0. The summed E-state index contributed by atoms with van der Waals surface area (Å²) in [5, 5.41) is 10.1. The van der Waals surface area contributed by atoms with Crippen LogP contribution >= 0.6 is 0 Å². The van der Waals surface area contributed by atoms with Gasteiger partial charge in [0, 0.05) is 29.6 Å². The van der Waals surface area contributed by atoms with Gasteiger partial charge in [-0.15, -0.1) is 0 Å². The third-order valence-corrected chi connectivity index (χ3v) is 11.1. The number of aliphatic hydroxyl groups is 1. The third kappa shape index (κ3) is 4.00. The lowest BCUT2D eigenvalue weighted by atomic mass is 9.43. The van der Waals surface area contributed by atoms with Gasteiger partial charge in [0.05, 0.1) is 6.10 Å². The first-order valence-electron chi connectivity index (χ1n) is 15.2. The number of hydrogen-bond donors (Lipinski definition) is 1. The maximum atomic E-state index is 18.2. The van der Waals surface area contributed by atoms with E-state index in [0.717, 1.165) is 19.3 Å². The Hall–Kier alpha value is -1.71. The van der Waals surface area contributed by atoms with Gasteiger partial charge in [-0.3, -0.25) is 14.4 Å². The minimum Gasteiger partial charge on any atom is -0.459 e. The fourth-order valence-corrected chi connectivity index (χ4v) is 9.19. The molecule has 1 N–H and O–H groups in total. The van der Waals surface area contributed by atoms with Crippen LogP contribution in [-0.4, -0.2) is 65.2 Å². The van der Waals surface area contributed by atoms with E-state index < -0.39 is 77.0 Å². The molecule has 10 atom stereocenters. The molecule has 1 heterocycles. The highest BCUT2D eigenvalue weighted by molar-refractivity contribution is 5.92.